The van der Waals surface area contributed by atoms with Crippen LogP contribution in [0.25, 0.3) is 10.1 Å². The Balaban J connectivity index is 1.67. The van der Waals surface area contributed by atoms with Crippen LogP contribution in [0.3, 0.4) is 0 Å². The van der Waals surface area contributed by atoms with Gasteiger partial charge in [0.2, 0.25) is 5.91 Å². The minimum Gasteiger partial charge on any atom is -0.273 e. The van der Waals surface area contributed by atoms with E-state index < -0.39 is 17.5 Å². The summed E-state index contributed by atoms with van der Waals surface area (Å²) in [5.41, 5.74) is 2.60. The molecule has 0 aliphatic heterocycles. The van der Waals surface area contributed by atoms with Gasteiger partial charge in [-0.2, -0.15) is 9.47 Å². The summed E-state index contributed by atoms with van der Waals surface area (Å²) in [6.45, 7) is 0. The molecule has 2 aromatic carbocycles. The molecular formula is C16H11F2N3OS. The number of benzene rings is 2. The van der Waals surface area contributed by atoms with Crippen LogP contribution in [0.2, 0.25) is 0 Å². The Morgan fingerprint density at radius 3 is 2.70 bits per heavy atom. The van der Waals surface area contributed by atoms with Crippen LogP contribution in [-0.4, -0.2) is 16.5 Å². The minimum atomic E-state index is -0.742. The van der Waals surface area contributed by atoms with Gasteiger partial charge in [0.05, 0.1) is 28.6 Å². The first-order chi connectivity index (χ1) is 11.1. The first-order valence-electron chi connectivity index (χ1n) is 6.74. The Hall–Kier alpha value is -2.67. The molecule has 0 atom stereocenters. The maximum Gasteiger partial charge on any atom is 0.246 e. The van der Waals surface area contributed by atoms with E-state index in [4.69, 9.17) is 0 Å². The van der Waals surface area contributed by atoms with Crippen LogP contribution in [0.4, 0.5) is 8.78 Å². The molecule has 3 rings (SSSR count). The summed E-state index contributed by atoms with van der Waals surface area (Å²) in [7, 11) is 0. The highest BCUT2D eigenvalue weighted by Gasteiger charge is 2.10. The molecule has 1 amide bonds. The number of hydrogen-bond acceptors (Lipinski definition) is 4. The Bertz CT molecular complexity index is 872. The maximum absolute atomic E-state index is 13.4. The monoisotopic (exact) mass is 331 g/mol. The molecule has 3 aromatic rings. The summed E-state index contributed by atoms with van der Waals surface area (Å²) in [6, 6.07) is 11.1. The van der Waals surface area contributed by atoms with Gasteiger partial charge in [-0.1, -0.05) is 24.3 Å². The van der Waals surface area contributed by atoms with Gasteiger partial charge in [0, 0.05) is 5.39 Å². The van der Waals surface area contributed by atoms with Gasteiger partial charge in [-0.25, -0.2) is 14.2 Å². The van der Waals surface area contributed by atoms with Crippen molar-refractivity contribution in [2.45, 2.75) is 6.42 Å². The van der Waals surface area contributed by atoms with E-state index in [0.717, 1.165) is 28.4 Å². The second-order valence-corrected chi connectivity index (χ2v) is 5.54. The summed E-state index contributed by atoms with van der Waals surface area (Å²) < 4.78 is 32.0. The van der Waals surface area contributed by atoms with E-state index >= 15 is 0 Å². The van der Waals surface area contributed by atoms with Crippen molar-refractivity contribution in [2.24, 2.45) is 5.10 Å². The number of rotatable bonds is 4. The predicted octanol–water partition coefficient (Wildman–Crippen LogP) is 3.27. The molecule has 23 heavy (non-hydrogen) atoms. The molecule has 0 aliphatic carbocycles. The molecule has 116 valence electrons. The smallest absolute Gasteiger partial charge is 0.246 e. The summed E-state index contributed by atoms with van der Waals surface area (Å²) >= 11 is 1.31. The van der Waals surface area contributed by atoms with E-state index in [9.17, 15) is 13.6 Å². The molecule has 0 radical (unpaired) electrons. The van der Waals surface area contributed by atoms with Crippen molar-refractivity contribution in [1.82, 2.24) is 9.80 Å². The quantitative estimate of drug-likeness (QED) is 0.589. The van der Waals surface area contributed by atoms with Crippen molar-refractivity contribution < 1.29 is 13.6 Å². The molecule has 0 aliphatic rings. The van der Waals surface area contributed by atoms with E-state index in [0.29, 0.717) is 5.69 Å². The third kappa shape index (κ3) is 3.40. The van der Waals surface area contributed by atoms with Crippen LogP contribution in [0.1, 0.15) is 11.3 Å². The van der Waals surface area contributed by atoms with Crippen molar-refractivity contribution in [3.63, 3.8) is 0 Å². The first-order valence-corrected chi connectivity index (χ1v) is 7.51. The standard InChI is InChI=1S/C16H11F2N3OS/c17-12-5-3-6-13(18)11(12)9-19-20-16(22)8-14-10-4-1-2-7-15(10)23-21-14/h1-7,9H,8H2,(H,20,22)/b19-9+. The zero-order valence-corrected chi connectivity index (χ0v) is 12.6. The molecule has 4 nitrogen and oxygen atoms in total. The Morgan fingerprint density at radius 2 is 1.91 bits per heavy atom. The molecule has 0 unspecified atom stereocenters. The molecule has 7 heteroatoms. The highest BCUT2D eigenvalue weighted by Crippen LogP contribution is 2.22. The normalized spacial score (nSPS) is 11.2. The van der Waals surface area contributed by atoms with Gasteiger partial charge < -0.3 is 0 Å². The van der Waals surface area contributed by atoms with Gasteiger partial charge in [0.1, 0.15) is 11.6 Å². The van der Waals surface area contributed by atoms with Crippen LogP contribution in [0, 0.1) is 11.6 Å². The zero-order chi connectivity index (χ0) is 16.2. The lowest BCUT2D eigenvalue weighted by atomic mass is 10.2. The third-order valence-corrected chi connectivity index (χ3v) is 4.03. The summed E-state index contributed by atoms with van der Waals surface area (Å²) in [4.78, 5) is 11.9. The minimum absolute atomic E-state index is 0.0428. The molecule has 0 spiro atoms. The zero-order valence-electron chi connectivity index (χ0n) is 11.8. The second kappa shape index (κ2) is 6.62. The van der Waals surface area contributed by atoms with Crippen molar-refractivity contribution in [3.05, 3.63) is 65.4 Å². The summed E-state index contributed by atoms with van der Waals surface area (Å²) in [5, 5.41) is 4.51. The number of carbonyl (C=O) groups excluding carboxylic acids is 1. The molecule has 1 heterocycles. The lowest BCUT2D eigenvalue weighted by Gasteiger charge is -2.00. The number of halogens is 2. The van der Waals surface area contributed by atoms with E-state index in [-0.39, 0.29) is 12.0 Å². The predicted molar refractivity (Wildman–Crippen MR) is 85.4 cm³/mol. The molecule has 0 saturated heterocycles. The molecule has 0 bridgehead atoms. The first kappa shape index (κ1) is 15.2. The van der Waals surface area contributed by atoms with E-state index in [2.05, 4.69) is 14.9 Å². The van der Waals surface area contributed by atoms with Crippen molar-refractivity contribution >= 4 is 33.7 Å². The number of hydrazone groups is 1. The van der Waals surface area contributed by atoms with Gasteiger partial charge in [-0.15, -0.1) is 0 Å². The average Bonchev–Trinajstić information content (AvgIpc) is 2.93. The molecule has 0 saturated carbocycles. The van der Waals surface area contributed by atoms with E-state index in [1.807, 2.05) is 24.3 Å². The van der Waals surface area contributed by atoms with Crippen LogP contribution in [0.15, 0.2) is 47.6 Å². The average molecular weight is 331 g/mol. The van der Waals surface area contributed by atoms with Crippen LogP contribution in [-0.2, 0) is 11.2 Å². The fourth-order valence-corrected chi connectivity index (χ4v) is 2.86. The number of amides is 1. The molecule has 1 N–H and O–H groups in total. The van der Waals surface area contributed by atoms with Crippen LogP contribution >= 0.6 is 11.5 Å². The van der Waals surface area contributed by atoms with Crippen molar-refractivity contribution in [3.8, 4) is 0 Å². The van der Waals surface area contributed by atoms with E-state index in [1.54, 1.807) is 0 Å². The highest BCUT2D eigenvalue weighted by atomic mass is 32.1. The fraction of sp³-hybridized carbons (Fsp3) is 0.0625. The highest BCUT2D eigenvalue weighted by molar-refractivity contribution is 7.13. The van der Waals surface area contributed by atoms with Gasteiger partial charge in [0.15, 0.2) is 0 Å². The SMILES string of the molecule is O=C(Cc1nsc2ccccc12)N/N=C/c1c(F)cccc1F. The largest absolute Gasteiger partial charge is 0.273 e. The third-order valence-electron chi connectivity index (χ3n) is 3.16. The maximum atomic E-state index is 13.4. The van der Waals surface area contributed by atoms with Crippen molar-refractivity contribution in [2.75, 3.05) is 0 Å². The van der Waals surface area contributed by atoms with Gasteiger partial charge in [0.25, 0.3) is 0 Å². The number of hydrogen-bond donors (Lipinski definition) is 1. The Labute approximate surface area is 134 Å². The molecule has 0 fully saturated rings. The number of nitrogens with zero attached hydrogens (tertiary/aromatic N) is 2. The fourth-order valence-electron chi connectivity index (χ4n) is 2.06. The molecular weight excluding hydrogens is 320 g/mol. The molecule has 1 aromatic heterocycles. The van der Waals surface area contributed by atoms with Crippen LogP contribution < -0.4 is 5.43 Å². The summed E-state index contributed by atoms with van der Waals surface area (Å²) in [5.74, 6) is -1.89. The lowest BCUT2D eigenvalue weighted by Crippen LogP contribution is -2.20. The van der Waals surface area contributed by atoms with Gasteiger partial charge in [-0.3, -0.25) is 4.79 Å². The van der Waals surface area contributed by atoms with E-state index in [1.165, 1.54) is 17.6 Å². The summed E-state index contributed by atoms with van der Waals surface area (Å²) in [6.07, 6.45) is 0.989. The van der Waals surface area contributed by atoms with Crippen LogP contribution in [0.5, 0.6) is 0 Å². The lowest BCUT2D eigenvalue weighted by molar-refractivity contribution is -0.120. The van der Waals surface area contributed by atoms with Crippen molar-refractivity contribution in [1.29, 1.82) is 0 Å². The van der Waals surface area contributed by atoms with Gasteiger partial charge >= 0.3 is 0 Å². The topological polar surface area (TPSA) is 54.4 Å². The Kier molecular flexibility index (Phi) is 4.38. The number of nitrogens with one attached hydrogen (secondary N) is 1. The number of carbonyl (C=O) groups is 1. The number of fused-ring (bicyclic) bond motifs is 1. The second-order valence-electron chi connectivity index (χ2n) is 4.73. The van der Waals surface area contributed by atoms with Gasteiger partial charge in [-0.05, 0) is 29.7 Å². The Morgan fingerprint density at radius 1 is 1.17 bits per heavy atom. The number of aromatic nitrogens is 1.